The van der Waals surface area contributed by atoms with Gasteiger partial charge in [-0.3, -0.25) is 14.2 Å². The average Bonchev–Trinajstić information content (AvgIpc) is 2.98. The van der Waals surface area contributed by atoms with Gasteiger partial charge in [0, 0.05) is 31.3 Å². The Morgan fingerprint density at radius 1 is 1.43 bits per heavy atom. The third kappa shape index (κ3) is 5.52. The molecule has 0 aliphatic rings. The molecule has 0 bridgehead atoms. The van der Waals surface area contributed by atoms with Crippen LogP contribution in [-0.4, -0.2) is 30.7 Å². The fourth-order valence-electron chi connectivity index (χ4n) is 2.43. The number of nitrogens with zero attached hydrogens (tertiary/aromatic N) is 2. The summed E-state index contributed by atoms with van der Waals surface area (Å²) in [6, 6.07) is 9.46. The maximum absolute atomic E-state index is 12.9. The number of hydrogen-bond donors (Lipinski definition) is 1. The summed E-state index contributed by atoms with van der Waals surface area (Å²) in [4.78, 5) is 25.3. The SMILES string of the molecule is C=CCNC(=O)/C(C#N)=c1\s/c(=C/c2ccc(Br)cc2)c(=O)n1CCCOC. The van der Waals surface area contributed by atoms with Gasteiger partial charge in [0.1, 0.15) is 10.7 Å². The van der Waals surface area contributed by atoms with Gasteiger partial charge < -0.3 is 10.1 Å². The van der Waals surface area contributed by atoms with Crippen molar-refractivity contribution in [3.63, 3.8) is 0 Å². The Bertz CT molecular complexity index is 1060. The van der Waals surface area contributed by atoms with E-state index in [4.69, 9.17) is 4.74 Å². The van der Waals surface area contributed by atoms with Crippen molar-refractivity contribution >= 4 is 44.8 Å². The molecule has 0 saturated heterocycles. The third-order valence-electron chi connectivity index (χ3n) is 3.77. The standard InChI is InChI=1S/C20H20BrN3O3S/c1-3-9-23-18(25)16(13-22)20-24(10-4-11-27-2)19(26)17(28-20)12-14-5-7-15(21)8-6-14/h3,5-8,12H,1,4,9-11H2,2H3,(H,23,25)/b17-12+,20-16-. The van der Waals surface area contributed by atoms with Crippen LogP contribution < -0.4 is 20.1 Å². The van der Waals surface area contributed by atoms with Crippen molar-refractivity contribution in [2.75, 3.05) is 20.3 Å². The minimum absolute atomic E-state index is 0.0863. The highest BCUT2D eigenvalue weighted by atomic mass is 79.9. The maximum atomic E-state index is 12.9. The number of rotatable bonds is 8. The molecule has 0 spiro atoms. The zero-order valence-electron chi connectivity index (χ0n) is 15.4. The van der Waals surface area contributed by atoms with Crippen molar-refractivity contribution < 1.29 is 9.53 Å². The molecule has 8 heteroatoms. The van der Waals surface area contributed by atoms with Crippen LogP contribution in [0.3, 0.4) is 0 Å². The molecule has 146 valence electrons. The molecule has 0 aliphatic carbocycles. The zero-order chi connectivity index (χ0) is 20.5. The molecule has 1 N–H and O–H groups in total. The summed E-state index contributed by atoms with van der Waals surface area (Å²) in [6.07, 6.45) is 3.87. The predicted octanol–water partition coefficient (Wildman–Crippen LogP) is 1.51. The molecule has 6 nitrogen and oxygen atoms in total. The van der Waals surface area contributed by atoms with E-state index < -0.39 is 5.91 Å². The van der Waals surface area contributed by atoms with Gasteiger partial charge in [-0.05, 0) is 30.2 Å². The number of ether oxygens (including phenoxy) is 1. The van der Waals surface area contributed by atoms with Gasteiger partial charge in [-0.1, -0.05) is 34.1 Å². The molecular formula is C20H20BrN3O3S. The Hall–Kier alpha value is -2.47. The molecule has 0 aliphatic heterocycles. The molecule has 1 heterocycles. The van der Waals surface area contributed by atoms with Gasteiger partial charge in [0.05, 0.1) is 4.53 Å². The highest BCUT2D eigenvalue weighted by Gasteiger charge is 2.15. The van der Waals surface area contributed by atoms with E-state index in [1.54, 1.807) is 13.2 Å². The summed E-state index contributed by atoms with van der Waals surface area (Å²) in [5.74, 6) is -0.528. The zero-order valence-corrected chi connectivity index (χ0v) is 17.8. The molecule has 1 amide bonds. The molecule has 28 heavy (non-hydrogen) atoms. The Balaban J connectivity index is 2.66. The van der Waals surface area contributed by atoms with Gasteiger partial charge in [0.25, 0.3) is 11.5 Å². The lowest BCUT2D eigenvalue weighted by Gasteiger charge is -2.04. The lowest BCUT2D eigenvalue weighted by molar-refractivity contribution is -0.115. The van der Waals surface area contributed by atoms with Crippen LogP contribution in [0, 0.1) is 11.3 Å². The second kappa shape index (κ2) is 10.8. The summed E-state index contributed by atoms with van der Waals surface area (Å²) in [6.45, 7) is 4.61. The second-order valence-corrected chi connectivity index (χ2v) is 7.70. The van der Waals surface area contributed by atoms with Crippen LogP contribution in [0.25, 0.3) is 11.6 Å². The molecule has 0 fully saturated rings. The summed E-state index contributed by atoms with van der Waals surface area (Å²) in [5.41, 5.74) is 0.534. The quantitative estimate of drug-likeness (QED) is 0.476. The first-order valence-corrected chi connectivity index (χ1v) is 10.1. The van der Waals surface area contributed by atoms with Crippen molar-refractivity contribution in [1.29, 1.82) is 5.26 Å². The van der Waals surface area contributed by atoms with Gasteiger partial charge in [-0.15, -0.1) is 17.9 Å². The number of amides is 1. The maximum Gasteiger partial charge on any atom is 0.269 e. The number of benzene rings is 1. The van der Waals surface area contributed by atoms with Gasteiger partial charge >= 0.3 is 0 Å². The summed E-state index contributed by atoms with van der Waals surface area (Å²) in [5, 5.41) is 12.1. The van der Waals surface area contributed by atoms with Crippen LogP contribution in [0.15, 0.2) is 46.2 Å². The normalized spacial score (nSPS) is 12.4. The molecule has 2 rings (SSSR count). The van der Waals surface area contributed by atoms with E-state index >= 15 is 0 Å². The number of carbonyl (C=O) groups is 1. The molecule has 0 atom stereocenters. The molecule has 1 aromatic heterocycles. The minimum Gasteiger partial charge on any atom is -0.385 e. The van der Waals surface area contributed by atoms with E-state index in [-0.39, 0.29) is 17.7 Å². The van der Waals surface area contributed by atoms with Crippen LogP contribution in [0.1, 0.15) is 12.0 Å². The number of thiazole rings is 1. The summed E-state index contributed by atoms with van der Waals surface area (Å²) >= 11 is 4.52. The first-order chi connectivity index (χ1) is 13.5. The fourth-order valence-corrected chi connectivity index (χ4v) is 3.82. The number of nitrogens with one attached hydrogen (secondary N) is 1. The van der Waals surface area contributed by atoms with Crippen molar-refractivity contribution in [1.82, 2.24) is 9.88 Å². The Morgan fingerprint density at radius 2 is 2.14 bits per heavy atom. The van der Waals surface area contributed by atoms with Crippen molar-refractivity contribution in [3.8, 4) is 6.07 Å². The molecular weight excluding hydrogens is 442 g/mol. The lowest BCUT2D eigenvalue weighted by atomic mass is 10.2. The van der Waals surface area contributed by atoms with E-state index in [9.17, 15) is 14.9 Å². The van der Waals surface area contributed by atoms with E-state index in [2.05, 4.69) is 27.8 Å². The molecule has 0 saturated carbocycles. The van der Waals surface area contributed by atoms with Crippen molar-refractivity contribution in [3.05, 3.63) is 66.5 Å². The topological polar surface area (TPSA) is 84.1 Å². The smallest absolute Gasteiger partial charge is 0.269 e. The number of methoxy groups -OCH3 is 1. The van der Waals surface area contributed by atoms with Gasteiger partial charge in [0.15, 0.2) is 5.57 Å². The third-order valence-corrected chi connectivity index (χ3v) is 5.42. The minimum atomic E-state index is -0.528. The molecule has 0 unspecified atom stereocenters. The number of aromatic nitrogens is 1. The number of halogens is 1. The van der Waals surface area contributed by atoms with E-state index in [1.165, 1.54) is 10.6 Å². The van der Waals surface area contributed by atoms with Crippen molar-refractivity contribution in [2.24, 2.45) is 0 Å². The highest BCUT2D eigenvalue weighted by molar-refractivity contribution is 9.10. The van der Waals surface area contributed by atoms with Gasteiger partial charge in [0.2, 0.25) is 0 Å². The number of hydrogen-bond acceptors (Lipinski definition) is 5. The first-order valence-electron chi connectivity index (χ1n) is 8.51. The molecule has 2 aromatic rings. The van der Waals surface area contributed by atoms with E-state index in [0.717, 1.165) is 21.4 Å². The predicted molar refractivity (Wildman–Crippen MR) is 114 cm³/mol. The molecule has 0 radical (unpaired) electrons. The summed E-state index contributed by atoms with van der Waals surface area (Å²) in [7, 11) is 1.58. The Morgan fingerprint density at radius 3 is 2.75 bits per heavy atom. The fraction of sp³-hybridized carbons (Fsp3) is 0.250. The van der Waals surface area contributed by atoms with E-state index in [1.807, 2.05) is 30.3 Å². The second-order valence-electron chi connectivity index (χ2n) is 5.76. The summed E-state index contributed by atoms with van der Waals surface area (Å²) < 4.78 is 8.27. The monoisotopic (exact) mass is 461 g/mol. The Kier molecular flexibility index (Phi) is 8.39. The molecule has 1 aromatic carbocycles. The van der Waals surface area contributed by atoms with Gasteiger partial charge in [-0.25, -0.2) is 0 Å². The number of carbonyl (C=O) groups excluding carboxylic acids is 1. The van der Waals surface area contributed by atoms with Crippen molar-refractivity contribution in [2.45, 2.75) is 13.0 Å². The van der Waals surface area contributed by atoms with E-state index in [0.29, 0.717) is 28.8 Å². The largest absolute Gasteiger partial charge is 0.385 e. The van der Waals surface area contributed by atoms with Crippen LogP contribution in [0.4, 0.5) is 0 Å². The van der Waals surface area contributed by atoms with Crippen LogP contribution in [0.5, 0.6) is 0 Å². The number of nitriles is 1. The highest BCUT2D eigenvalue weighted by Crippen LogP contribution is 2.10. The van der Waals surface area contributed by atoms with Gasteiger partial charge in [-0.2, -0.15) is 5.26 Å². The lowest BCUT2D eigenvalue weighted by Crippen LogP contribution is -2.35. The van der Waals surface area contributed by atoms with Crippen LogP contribution >= 0.6 is 27.3 Å². The van der Waals surface area contributed by atoms with Crippen LogP contribution in [-0.2, 0) is 16.1 Å². The average molecular weight is 462 g/mol. The first kappa shape index (κ1) is 21.8. The van der Waals surface area contributed by atoms with Crippen LogP contribution in [0.2, 0.25) is 0 Å². The Labute approximate surface area is 175 Å².